The van der Waals surface area contributed by atoms with Crippen molar-refractivity contribution in [1.82, 2.24) is 5.32 Å². The average molecular weight is 280 g/mol. The molecule has 2 aromatic carbocycles. The normalized spacial score (nSPS) is 13.2. The highest BCUT2D eigenvalue weighted by atomic mass is 16.5. The lowest BCUT2D eigenvalue weighted by Gasteiger charge is -2.21. The number of methoxy groups -OCH3 is 1. The fourth-order valence-corrected chi connectivity index (χ4v) is 2.32. The largest absolute Gasteiger partial charge is 0.497 e. The van der Waals surface area contributed by atoms with Gasteiger partial charge in [-0.25, -0.2) is 0 Å². The van der Waals surface area contributed by atoms with Gasteiger partial charge in [-0.3, -0.25) is 0 Å². The van der Waals surface area contributed by atoms with Gasteiger partial charge in [-0.2, -0.15) is 5.26 Å². The molecule has 0 amide bonds. The van der Waals surface area contributed by atoms with E-state index >= 15 is 0 Å². The van der Waals surface area contributed by atoms with Crippen molar-refractivity contribution in [1.29, 1.82) is 5.26 Å². The maximum atomic E-state index is 8.83. The summed E-state index contributed by atoms with van der Waals surface area (Å²) in [4.78, 5) is 0. The zero-order valence-electron chi connectivity index (χ0n) is 12.6. The Hall–Kier alpha value is -2.31. The number of hydrogen-bond donors (Lipinski definition) is 1. The summed E-state index contributed by atoms with van der Waals surface area (Å²) in [5.41, 5.74) is 3.05. The van der Waals surface area contributed by atoms with Gasteiger partial charge in [-0.15, -0.1) is 0 Å². The molecular weight excluding hydrogens is 260 g/mol. The Labute approximate surface area is 126 Å². The van der Waals surface area contributed by atoms with Crippen LogP contribution in [0.5, 0.6) is 5.75 Å². The molecule has 0 aromatic heterocycles. The molecule has 0 aliphatic rings. The maximum Gasteiger partial charge on any atom is 0.119 e. The summed E-state index contributed by atoms with van der Waals surface area (Å²) in [5.74, 6) is 0.868. The summed E-state index contributed by atoms with van der Waals surface area (Å²) >= 11 is 0. The summed E-state index contributed by atoms with van der Waals surface area (Å²) in [6.45, 7) is 4.26. The molecule has 0 aliphatic heterocycles. The van der Waals surface area contributed by atoms with Crippen molar-refractivity contribution in [2.75, 3.05) is 7.11 Å². The molecule has 0 heterocycles. The van der Waals surface area contributed by atoms with Crippen LogP contribution in [0.1, 0.15) is 42.6 Å². The van der Waals surface area contributed by atoms with Gasteiger partial charge in [-0.05, 0) is 49.2 Å². The van der Waals surface area contributed by atoms with Crippen LogP contribution in [0.3, 0.4) is 0 Å². The number of benzene rings is 2. The first kappa shape index (κ1) is 15.1. The molecule has 2 rings (SSSR count). The predicted octanol–water partition coefficient (Wildman–Crippen LogP) is 3.98. The standard InChI is InChI=1S/C18H20N2O/c1-13(16-9-7-15(12-19)8-10-16)20-14(2)17-5-4-6-18(11-17)21-3/h4-11,13-14,20H,1-3H3/t13?,14-/m0/s1. The van der Waals surface area contributed by atoms with Crippen molar-refractivity contribution in [3.63, 3.8) is 0 Å². The van der Waals surface area contributed by atoms with Gasteiger partial charge in [-0.1, -0.05) is 24.3 Å². The predicted molar refractivity (Wildman–Crippen MR) is 84.1 cm³/mol. The number of nitrogens with one attached hydrogen (secondary N) is 1. The quantitative estimate of drug-likeness (QED) is 0.901. The smallest absolute Gasteiger partial charge is 0.119 e. The molecule has 0 saturated carbocycles. The van der Waals surface area contributed by atoms with Crippen molar-refractivity contribution in [3.05, 3.63) is 65.2 Å². The molecule has 1 unspecified atom stereocenters. The van der Waals surface area contributed by atoms with E-state index in [1.54, 1.807) is 7.11 Å². The van der Waals surface area contributed by atoms with E-state index in [-0.39, 0.29) is 12.1 Å². The van der Waals surface area contributed by atoms with Gasteiger partial charge in [0, 0.05) is 12.1 Å². The fourth-order valence-electron chi connectivity index (χ4n) is 2.32. The molecule has 0 spiro atoms. The summed E-state index contributed by atoms with van der Waals surface area (Å²) in [6, 6.07) is 18.3. The summed E-state index contributed by atoms with van der Waals surface area (Å²) in [5, 5.41) is 12.4. The second-order valence-corrected chi connectivity index (χ2v) is 5.12. The van der Waals surface area contributed by atoms with Gasteiger partial charge in [0.1, 0.15) is 5.75 Å². The van der Waals surface area contributed by atoms with Crippen LogP contribution >= 0.6 is 0 Å². The molecule has 21 heavy (non-hydrogen) atoms. The number of rotatable bonds is 5. The van der Waals surface area contributed by atoms with Crippen LogP contribution in [-0.2, 0) is 0 Å². The Bertz CT molecular complexity index is 628. The summed E-state index contributed by atoms with van der Waals surface area (Å²) < 4.78 is 5.26. The second-order valence-electron chi connectivity index (χ2n) is 5.12. The van der Waals surface area contributed by atoms with Gasteiger partial charge in [0.05, 0.1) is 18.7 Å². The zero-order chi connectivity index (χ0) is 15.2. The molecule has 108 valence electrons. The van der Waals surface area contributed by atoms with Crippen LogP contribution in [0.15, 0.2) is 48.5 Å². The van der Waals surface area contributed by atoms with Crippen LogP contribution in [-0.4, -0.2) is 7.11 Å². The highest BCUT2D eigenvalue weighted by Crippen LogP contribution is 2.22. The molecule has 3 nitrogen and oxygen atoms in total. The van der Waals surface area contributed by atoms with Gasteiger partial charge in [0.25, 0.3) is 0 Å². The molecular formula is C18H20N2O. The highest BCUT2D eigenvalue weighted by molar-refractivity contribution is 5.33. The lowest BCUT2D eigenvalue weighted by Crippen LogP contribution is -2.22. The van der Waals surface area contributed by atoms with Crippen LogP contribution in [0.4, 0.5) is 0 Å². The molecule has 2 aromatic rings. The molecule has 0 radical (unpaired) electrons. The second kappa shape index (κ2) is 6.92. The van der Waals surface area contributed by atoms with Crippen LogP contribution in [0.2, 0.25) is 0 Å². The molecule has 1 N–H and O–H groups in total. The minimum Gasteiger partial charge on any atom is -0.497 e. The number of nitriles is 1. The lowest BCUT2D eigenvalue weighted by molar-refractivity contribution is 0.412. The first-order chi connectivity index (χ1) is 10.1. The van der Waals surface area contributed by atoms with E-state index < -0.39 is 0 Å². The van der Waals surface area contributed by atoms with E-state index in [2.05, 4.69) is 31.3 Å². The van der Waals surface area contributed by atoms with Gasteiger partial charge in [0.2, 0.25) is 0 Å². The number of hydrogen-bond acceptors (Lipinski definition) is 3. The highest BCUT2D eigenvalue weighted by Gasteiger charge is 2.11. The molecule has 0 bridgehead atoms. The average Bonchev–Trinajstić information content (AvgIpc) is 2.54. The third-order valence-electron chi connectivity index (χ3n) is 3.63. The molecule has 0 saturated heterocycles. The third kappa shape index (κ3) is 3.84. The number of ether oxygens (including phenoxy) is 1. The monoisotopic (exact) mass is 280 g/mol. The minimum absolute atomic E-state index is 0.207. The maximum absolute atomic E-state index is 8.83. The topological polar surface area (TPSA) is 45.0 Å². The van der Waals surface area contributed by atoms with E-state index in [9.17, 15) is 0 Å². The molecule has 0 fully saturated rings. The molecule has 3 heteroatoms. The number of nitrogens with zero attached hydrogens (tertiary/aromatic N) is 1. The van der Waals surface area contributed by atoms with Crippen molar-refractivity contribution < 1.29 is 4.74 Å². The van der Waals surface area contributed by atoms with Gasteiger partial charge >= 0.3 is 0 Å². The van der Waals surface area contributed by atoms with Crippen molar-refractivity contribution in [2.45, 2.75) is 25.9 Å². The third-order valence-corrected chi connectivity index (χ3v) is 3.63. The minimum atomic E-state index is 0.207. The van der Waals surface area contributed by atoms with Crippen molar-refractivity contribution in [3.8, 4) is 11.8 Å². The summed E-state index contributed by atoms with van der Waals surface area (Å²) in [7, 11) is 1.68. The van der Waals surface area contributed by atoms with Crippen LogP contribution < -0.4 is 10.1 Å². The summed E-state index contributed by atoms with van der Waals surface area (Å²) in [6.07, 6.45) is 0. The first-order valence-corrected chi connectivity index (χ1v) is 7.04. The van der Waals surface area contributed by atoms with E-state index in [0.717, 1.165) is 5.75 Å². The fraction of sp³-hybridized carbons (Fsp3) is 0.278. The zero-order valence-corrected chi connectivity index (χ0v) is 12.6. The van der Waals surface area contributed by atoms with E-state index in [1.807, 2.05) is 42.5 Å². The Kier molecular flexibility index (Phi) is 4.97. The van der Waals surface area contributed by atoms with Gasteiger partial charge in [0.15, 0.2) is 0 Å². The van der Waals surface area contributed by atoms with Crippen LogP contribution in [0.25, 0.3) is 0 Å². The Morgan fingerprint density at radius 3 is 2.29 bits per heavy atom. The van der Waals surface area contributed by atoms with E-state index in [1.165, 1.54) is 11.1 Å². The Morgan fingerprint density at radius 2 is 1.67 bits per heavy atom. The van der Waals surface area contributed by atoms with Gasteiger partial charge < -0.3 is 10.1 Å². The van der Waals surface area contributed by atoms with Crippen LogP contribution in [0, 0.1) is 11.3 Å². The van der Waals surface area contributed by atoms with E-state index in [4.69, 9.17) is 10.00 Å². The SMILES string of the molecule is COc1cccc([C@H](C)NC(C)c2ccc(C#N)cc2)c1. The first-order valence-electron chi connectivity index (χ1n) is 7.04. The Morgan fingerprint density at radius 1 is 1.00 bits per heavy atom. The molecule has 2 atom stereocenters. The van der Waals surface area contributed by atoms with Crippen molar-refractivity contribution in [2.24, 2.45) is 0 Å². The van der Waals surface area contributed by atoms with Crippen molar-refractivity contribution >= 4 is 0 Å². The van der Waals surface area contributed by atoms with E-state index in [0.29, 0.717) is 5.56 Å². The Balaban J connectivity index is 2.07. The molecule has 0 aliphatic carbocycles. The lowest BCUT2D eigenvalue weighted by atomic mass is 10.0.